The molecule has 0 radical (unpaired) electrons. The van der Waals surface area contributed by atoms with Gasteiger partial charge in [0.05, 0.1) is 5.25 Å². The van der Waals surface area contributed by atoms with Crippen LogP contribution >= 0.6 is 23.1 Å². The third kappa shape index (κ3) is 3.16. The number of anilines is 1. The van der Waals surface area contributed by atoms with Crippen LogP contribution in [0.25, 0.3) is 10.2 Å². The molecule has 3 heterocycles. The molecule has 0 aliphatic heterocycles. The first-order valence-corrected chi connectivity index (χ1v) is 9.90. The molecule has 1 aliphatic carbocycles. The van der Waals surface area contributed by atoms with E-state index in [-0.39, 0.29) is 11.2 Å². The van der Waals surface area contributed by atoms with E-state index in [0.717, 1.165) is 33.9 Å². The van der Waals surface area contributed by atoms with Crippen LogP contribution in [0.4, 0.5) is 5.82 Å². The van der Waals surface area contributed by atoms with E-state index in [2.05, 4.69) is 20.4 Å². The summed E-state index contributed by atoms with van der Waals surface area (Å²) >= 11 is 3.25. The second-order valence-corrected chi connectivity index (χ2v) is 8.60. The smallest absolute Gasteiger partial charge is 0.238 e. The fraction of sp³-hybridized carbons (Fsp3) is 0.412. The molecule has 0 bridgehead atoms. The maximum atomic E-state index is 12.5. The molecule has 3 aromatic heterocycles. The summed E-state index contributed by atoms with van der Waals surface area (Å²) in [5.74, 6) is 1.73. The summed E-state index contributed by atoms with van der Waals surface area (Å²) in [6, 6.07) is 1.70. The number of hydrogen-bond acceptors (Lipinski definition) is 7. The van der Waals surface area contributed by atoms with Gasteiger partial charge in [-0.3, -0.25) is 4.79 Å². The highest BCUT2D eigenvalue weighted by Crippen LogP contribution is 2.41. The van der Waals surface area contributed by atoms with Gasteiger partial charge in [0.25, 0.3) is 0 Å². The number of nitrogens with zero attached hydrogens (tertiary/aromatic N) is 3. The molecule has 0 spiro atoms. The van der Waals surface area contributed by atoms with Gasteiger partial charge >= 0.3 is 0 Å². The van der Waals surface area contributed by atoms with Crippen LogP contribution < -0.4 is 5.32 Å². The molecule has 0 saturated carbocycles. The van der Waals surface area contributed by atoms with E-state index in [9.17, 15) is 4.79 Å². The number of nitrogens with one attached hydrogen (secondary N) is 1. The van der Waals surface area contributed by atoms with Crippen molar-refractivity contribution in [3.05, 3.63) is 28.1 Å². The zero-order valence-corrected chi connectivity index (χ0v) is 15.9. The highest BCUT2D eigenvalue weighted by Gasteiger charge is 2.24. The summed E-state index contributed by atoms with van der Waals surface area (Å²) in [7, 11) is 0. The first-order chi connectivity index (χ1) is 12.0. The molecule has 0 fully saturated rings. The molecule has 1 atom stereocenters. The third-order valence-electron chi connectivity index (χ3n) is 4.18. The van der Waals surface area contributed by atoms with Gasteiger partial charge in [-0.15, -0.1) is 11.3 Å². The molecular weight excluding hydrogens is 356 g/mol. The Labute approximate surface area is 153 Å². The van der Waals surface area contributed by atoms with E-state index in [1.54, 1.807) is 24.3 Å². The summed E-state index contributed by atoms with van der Waals surface area (Å²) < 4.78 is 4.99. The van der Waals surface area contributed by atoms with Gasteiger partial charge in [-0.2, -0.15) is 0 Å². The van der Waals surface area contributed by atoms with Gasteiger partial charge in [0.2, 0.25) is 5.91 Å². The van der Waals surface area contributed by atoms with Crippen molar-refractivity contribution in [2.75, 3.05) is 5.32 Å². The topological polar surface area (TPSA) is 80.9 Å². The summed E-state index contributed by atoms with van der Waals surface area (Å²) in [5.41, 5.74) is 1.38. The number of carbonyl (C=O) groups is 1. The maximum absolute atomic E-state index is 12.5. The molecule has 4 rings (SSSR count). The van der Waals surface area contributed by atoms with E-state index in [1.807, 2.05) is 13.8 Å². The fourth-order valence-corrected chi connectivity index (χ4v) is 5.42. The van der Waals surface area contributed by atoms with E-state index < -0.39 is 0 Å². The van der Waals surface area contributed by atoms with Gasteiger partial charge in [0, 0.05) is 16.3 Å². The first-order valence-electron chi connectivity index (χ1n) is 8.21. The number of carbonyl (C=O) groups excluding carboxylic acids is 1. The monoisotopic (exact) mass is 374 g/mol. The lowest BCUT2D eigenvalue weighted by atomic mass is 10.2. The van der Waals surface area contributed by atoms with Crippen molar-refractivity contribution in [1.29, 1.82) is 0 Å². The lowest BCUT2D eigenvalue weighted by Gasteiger charge is -2.11. The number of rotatable bonds is 4. The first kappa shape index (κ1) is 16.5. The summed E-state index contributed by atoms with van der Waals surface area (Å²) in [5, 5.41) is 8.34. The molecule has 0 saturated heterocycles. The van der Waals surface area contributed by atoms with Crippen molar-refractivity contribution in [2.45, 2.75) is 50.3 Å². The Balaban J connectivity index is 1.60. The van der Waals surface area contributed by atoms with Crippen molar-refractivity contribution in [3.8, 4) is 0 Å². The van der Waals surface area contributed by atoms with Crippen LogP contribution in [0.5, 0.6) is 0 Å². The lowest BCUT2D eigenvalue weighted by Crippen LogP contribution is -2.22. The predicted molar refractivity (Wildman–Crippen MR) is 99.4 cm³/mol. The number of fused-ring (bicyclic) bond motifs is 3. The normalized spacial score (nSPS) is 14.7. The highest BCUT2D eigenvalue weighted by molar-refractivity contribution is 8.00. The van der Waals surface area contributed by atoms with Gasteiger partial charge in [0.15, 0.2) is 5.82 Å². The average Bonchev–Trinajstić information content (AvgIpc) is 3.22. The Morgan fingerprint density at radius 3 is 2.96 bits per heavy atom. The number of thiophene rings is 1. The Hall–Kier alpha value is -1.93. The van der Waals surface area contributed by atoms with Crippen molar-refractivity contribution in [1.82, 2.24) is 15.1 Å². The zero-order chi connectivity index (χ0) is 17.6. The Bertz CT molecular complexity index is 963. The van der Waals surface area contributed by atoms with Gasteiger partial charge in [-0.1, -0.05) is 16.9 Å². The molecule has 1 aliphatic rings. The van der Waals surface area contributed by atoms with E-state index in [4.69, 9.17) is 4.52 Å². The molecule has 25 heavy (non-hydrogen) atoms. The van der Waals surface area contributed by atoms with Crippen LogP contribution in [0, 0.1) is 13.8 Å². The summed E-state index contributed by atoms with van der Waals surface area (Å²) in [6.45, 7) is 5.57. The maximum Gasteiger partial charge on any atom is 0.238 e. The molecule has 0 aromatic carbocycles. The number of aryl methyl sites for hydroxylation is 4. The van der Waals surface area contributed by atoms with Crippen molar-refractivity contribution in [3.63, 3.8) is 0 Å². The minimum absolute atomic E-state index is 0.116. The number of thioether (sulfide) groups is 1. The lowest BCUT2D eigenvalue weighted by molar-refractivity contribution is -0.115. The quantitative estimate of drug-likeness (QED) is 0.551. The van der Waals surface area contributed by atoms with E-state index in [0.29, 0.717) is 11.6 Å². The molecular formula is C17H18N4O2S2. The van der Waals surface area contributed by atoms with Gasteiger partial charge in [0.1, 0.15) is 21.4 Å². The standard InChI is InChI=1S/C17H18N4O2S2/c1-8-7-13(21-23-8)20-15(22)9(2)24-16-14-11-5-4-6-12(11)25-17(14)19-10(3)18-16/h7,9H,4-6H2,1-3H3,(H,20,21,22). The Kier molecular flexibility index (Phi) is 4.24. The molecule has 8 heteroatoms. The fourth-order valence-electron chi connectivity index (χ4n) is 3.02. The van der Waals surface area contributed by atoms with Gasteiger partial charge in [-0.05, 0) is 45.6 Å². The number of amides is 1. The van der Waals surface area contributed by atoms with Crippen molar-refractivity contribution >= 4 is 45.0 Å². The Morgan fingerprint density at radius 2 is 2.20 bits per heavy atom. The number of hydrogen-bond donors (Lipinski definition) is 1. The average molecular weight is 374 g/mol. The SMILES string of the molecule is Cc1nc(SC(C)C(=O)Nc2cc(C)on2)c2c3c(sc2n1)CCC3. The Morgan fingerprint density at radius 1 is 1.36 bits per heavy atom. The van der Waals surface area contributed by atoms with Gasteiger partial charge < -0.3 is 9.84 Å². The van der Waals surface area contributed by atoms with E-state index >= 15 is 0 Å². The minimum Gasteiger partial charge on any atom is -0.360 e. The second kappa shape index (κ2) is 6.42. The van der Waals surface area contributed by atoms with Crippen molar-refractivity contribution < 1.29 is 9.32 Å². The van der Waals surface area contributed by atoms with Gasteiger partial charge in [-0.25, -0.2) is 9.97 Å². The summed E-state index contributed by atoms with van der Waals surface area (Å²) in [4.78, 5) is 24.2. The largest absolute Gasteiger partial charge is 0.360 e. The molecule has 3 aromatic rings. The van der Waals surface area contributed by atoms with Crippen LogP contribution in [0.3, 0.4) is 0 Å². The highest BCUT2D eigenvalue weighted by atomic mass is 32.2. The molecule has 1 N–H and O–H groups in total. The number of aromatic nitrogens is 3. The minimum atomic E-state index is -0.300. The molecule has 6 nitrogen and oxygen atoms in total. The van der Waals surface area contributed by atoms with E-state index in [1.165, 1.54) is 28.6 Å². The second-order valence-electron chi connectivity index (χ2n) is 6.19. The zero-order valence-electron chi connectivity index (χ0n) is 14.3. The third-order valence-corrected chi connectivity index (χ3v) is 6.45. The van der Waals surface area contributed by atoms with Crippen LogP contribution in [-0.2, 0) is 17.6 Å². The summed E-state index contributed by atoms with van der Waals surface area (Å²) in [6.07, 6.45) is 3.39. The molecule has 1 unspecified atom stereocenters. The predicted octanol–water partition coefficient (Wildman–Crippen LogP) is 3.90. The van der Waals surface area contributed by atoms with Crippen LogP contribution in [0.15, 0.2) is 15.6 Å². The van der Waals surface area contributed by atoms with Crippen LogP contribution in [-0.4, -0.2) is 26.3 Å². The molecule has 1 amide bonds. The molecule has 130 valence electrons. The van der Waals surface area contributed by atoms with Crippen LogP contribution in [0.2, 0.25) is 0 Å². The van der Waals surface area contributed by atoms with Crippen molar-refractivity contribution in [2.24, 2.45) is 0 Å². The van der Waals surface area contributed by atoms with Crippen LogP contribution in [0.1, 0.15) is 35.4 Å².